The highest BCUT2D eigenvalue weighted by atomic mass is 19.4. The van der Waals surface area contributed by atoms with Gasteiger partial charge in [0.15, 0.2) is 0 Å². The third kappa shape index (κ3) is 7.35. The highest BCUT2D eigenvalue weighted by Gasteiger charge is 2.34. The van der Waals surface area contributed by atoms with Crippen molar-refractivity contribution in [1.29, 1.82) is 0 Å². The molecule has 188 valence electrons. The zero-order valence-electron chi connectivity index (χ0n) is 19.6. The Labute approximate surface area is 198 Å². The largest absolute Gasteiger partial charge is 0.508 e. The van der Waals surface area contributed by atoms with Crippen LogP contribution in [0.4, 0.5) is 13.2 Å². The van der Waals surface area contributed by atoms with Crippen molar-refractivity contribution in [2.75, 3.05) is 19.8 Å². The number of aliphatic hydroxyl groups is 1. The van der Waals surface area contributed by atoms with Crippen molar-refractivity contribution < 1.29 is 32.9 Å². The van der Waals surface area contributed by atoms with E-state index in [9.17, 15) is 23.4 Å². The van der Waals surface area contributed by atoms with E-state index in [1.807, 2.05) is 13.8 Å². The SMILES string of the molecule is CC(C)CNCc1ccccc1C(F)(F)F.Oc1ccc2c(c1)C(O)CC(C1CCOCC1)O2. The Bertz CT molecular complexity index is 913. The number of halogens is 3. The lowest BCUT2D eigenvalue weighted by Gasteiger charge is -2.36. The van der Waals surface area contributed by atoms with Crippen molar-refractivity contribution in [2.24, 2.45) is 11.8 Å². The Hall–Kier alpha value is -2.29. The highest BCUT2D eigenvalue weighted by molar-refractivity contribution is 5.42. The van der Waals surface area contributed by atoms with Gasteiger partial charge in [0.25, 0.3) is 0 Å². The van der Waals surface area contributed by atoms with Gasteiger partial charge in [0.1, 0.15) is 17.6 Å². The number of fused-ring (bicyclic) bond motifs is 1. The van der Waals surface area contributed by atoms with Gasteiger partial charge in [-0.15, -0.1) is 0 Å². The fourth-order valence-electron chi connectivity index (χ4n) is 4.28. The summed E-state index contributed by atoms with van der Waals surface area (Å²) in [6.07, 6.45) is -2.18. The molecule has 3 N–H and O–H groups in total. The predicted molar refractivity (Wildman–Crippen MR) is 124 cm³/mol. The van der Waals surface area contributed by atoms with Crippen LogP contribution in [0.25, 0.3) is 0 Å². The molecule has 1 saturated heterocycles. The molecule has 2 aliphatic heterocycles. The highest BCUT2D eigenvalue weighted by Crippen LogP contribution is 2.40. The van der Waals surface area contributed by atoms with E-state index in [-0.39, 0.29) is 18.4 Å². The summed E-state index contributed by atoms with van der Waals surface area (Å²) in [6, 6.07) is 10.6. The average Bonchev–Trinajstić information content (AvgIpc) is 2.80. The van der Waals surface area contributed by atoms with Crippen LogP contribution in [-0.2, 0) is 17.5 Å². The first-order valence-electron chi connectivity index (χ1n) is 11.8. The molecule has 2 aliphatic rings. The van der Waals surface area contributed by atoms with Crippen LogP contribution in [0.15, 0.2) is 42.5 Å². The molecular formula is C26H34F3NO4. The molecule has 5 nitrogen and oxygen atoms in total. The molecule has 2 unspecified atom stereocenters. The van der Waals surface area contributed by atoms with Crippen LogP contribution in [0, 0.1) is 11.8 Å². The molecule has 2 aromatic carbocycles. The molecule has 0 radical (unpaired) electrons. The second kappa shape index (κ2) is 11.9. The van der Waals surface area contributed by atoms with Crippen molar-refractivity contribution in [3.63, 3.8) is 0 Å². The summed E-state index contributed by atoms with van der Waals surface area (Å²) < 4.78 is 49.1. The van der Waals surface area contributed by atoms with E-state index in [4.69, 9.17) is 9.47 Å². The van der Waals surface area contributed by atoms with Crippen molar-refractivity contribution in [2.45, 2.75) is 58.0 Å². The van der Waals surface area contributed by atoms with E-state index in [0.717, 1.165) is 32.1 Å². The molecule has 0 aliphatic carbocycles. The number of alkyl halides is 3. The molecule has 8 heteroatoms. The molecule has 0 spiro atoms. The molecule has 0 aromatic heterocycles. The minimum Gasteiger partial charge on any atom is -0.508 e. The number of aliphatic hydroxyl groups excluding tert-OH is 1. The number of phenolic OH excluding ortho intramolecular Hbond substituents is 1. The molecule has 34 heavy (non-hydrogen) atoms. The van der Waals surface area contributed by atoms with Gasteiger partial charge in [-0.25, -0.2) is 0 Å². The van der Waals surface area contributed by atoms with Crippen molar-refractivity contribution >= 4 is 0 Å². The minimum absolute atomic E-state index is 0.0564. The normalized spacial score (nSPS) is 20.8. The van der Waals surface area contributed by atoms with Crippen LogP contribution < -0.4 is 10.1 Å². The fraction of sp³-hybridized carbons (Fsp3) is 0.538. The van der Waals surface area contributed by atoms with Crippen LogP contribution in [0.2, 0.25) is 0 Å². The maximum absolute atomic E-state index is 12.6. The summed E-state index contributed by atoms with van der Waals surface area (Å²) in [5, 5.41) is 22.6. The number of nitrogens with one attached hydrogen (secondary N) is 1. The third-order valence-electron chi connectivity index (χ3n) is 6.07. The Balaban J connectivity index is 0.000000192. The number of hydrogen-bond donors (Lipinski definition) is 3. The zero-order valence-corrected chi connectivity index (χ0v) is 19.6. The Morgan fingerprint density at radius 1 is 1.09 bits per heavy atom. The number of rotatable bonds is 5. The van der Waals surface area contributed by atoms with Crippen molar-refractivity contribution in [3.8, 4) is 11.5 Å². The molecule has 0 saturated carbocycles. The second-order valence-electron chi connectivity index (χ2n) is 9.26. The first-order chi connectivity index (χ1) is 16.1. The molecule has 0 bridgehead atoms. The molecule has 2 atom stereocenters. The Kier molecular flexibility index (Phi) is 9.22. The molecule has 2 aromatic rings. The van der Waals surface area contributed by atoms with E-state index < -0.39 is 17.8 Å². The zero-order chi connectivity index (χ0) is 24.7. The third-order valence-corrected chi connectivity index (χ3v) is 6.07. The number of benzene rings is 2. The lowest BCUT2D eigenvalue weighted by atomic mass is 9.87. The van der Waals surface area contributed by atoms with Gasteiger partial charge >= 0.3 is 6.18 Å². The van der Waals surface area contributed by atoms with Gasteiger partial charge in [0, 0.05) is 37.7 Å². The summed E-state index contributed by atoms with van der Waals surface area (Å²) in [7, 11) is 0. The van der Waals surface area contributed by atoms with Crippen molar-refractivity contribution in [1.82, 2.24) is 5.32 Å². The van der Waals surface area contributed by atoms with Crippen LogP contribution in [-0.4, -0.2) is 36.1 Å². The summed E-state index contributed by atoms with van der Waals surface area (Å²) in [5.41, 5.74) is 0.445. The Morgan fingerprint density at radius 2 is 1.79 bits per heavy atom. The Morgan fingerprint density at radius 3 is 2.47 bits per heavy atom. The van der Waals surface area contributed by atoms with Gasteiger partial charge < -0.3 is 25.0 Å². The predicted octanol–water partition coefficient (Wildman–Crippen LogP) is 5.45. The topological polar surface area (TPSA) is 71.0 Å². The standard InChI is InChI=1S/C14H18O4.C12H16F3N/c15-10-1-2-13-11(7-10)12(16)8-14(18-13)9-3-5-17-6-4-9;1-9(2)7-16-8-10-5-3-4-6-11(10)12(13,14)15/h1-2,7,9,12,14-16H,3-6,8H2;3-6,9,16H,7-8H2,1-2H3. The molecule has 2 heterocycles. The van der Waals surface area contributed by atoms with Gasteiger partial charge in [-0.2, -0.15) is 13.2 Å². The van der Waals surface area contributed by atoms with Crippen LogP contribution in [0.5, 0.6) is 11.5 Å². The second-order valence-corrected chi connectivity index (χ2v) is 9.26. The molecule has 4 rings (SSSR count). The smallest absolute Gasteiger partial charge is 0.416 e. The van der Waals surface area contributed by atoms with Gasteiger partial charge in [-0.3, -0.25) is 0 Å². The monoisotopic (exact) mass is 481 g/mol. The van der Waals surface area contributed by atoms with Crippen LogP contribution in [0.3, 0.4) is 0 Å². The van der Waals surface area contributed by atoms with Crippen molar-refractivity contribution in [3.05, 3.63) is 59.2 Å². The number of aromatic hydroxyl groups is 1. The summed E-state index contributed by atoms with van der Waals surface area (Å²) in [5.74, 6) is 1.75. The lowest BCUT2D eigenvalue weighted by molar-refractivity contribution is -0.138. The van der Waals surface area contributed by atoms with Gasteiger partial charge in [-0.1, -0.05) is 32.0 Å². The maximum Gasteiger partial charge on any atom is 0.416 e. The quantitative estimate of drug-likeness (QED) is 0.530. The van der Waals surface area contributed by atoms with Gasteiger partial charge in [0.05, 0.1) is 11.7 Å². The van der Waals surface area contributed by atoms with Gasteiger partial charge in [-0.05, 0) is 55.1 Å². The summed E-state index contributed by atoms with van der Waals surface area (Å²) >= 11 is 0. The van der Waals surface area contributed by atoms with Crippen LogP contribution >= 0.6 is 0 Å². The molecule has 1 fully saturated rings. The first kappa shape index (κ1) is 26.3. The van der Waals surface area contributed by atoms with E-state index in [1.54, 1.807) is 24.3 Å². The van der Waals surface area contributed by atoms with E-state index in [0.29, 0.717) is 41.7 Å². The lowest BCUT2D eigenvalue weighted by Crippen LogP contribution is -2.36. The average molecular weight is 482 g/mol. The van der Waals surface area contributed by atoms with Gasteiger partial charge in [0.2, 0.25) is 0 Å². The number of hydrogen-bond acceptors (Lipinski definition) is 5. The summed E-state index contributed by atoms with van der Waals surface area (Å²) in [6.45, 7) is 6.57. The van der Waals surface area contributed by atoms with E-state index in [2.05, 4.69) is 5.32 Å². The van der Waals surface area contributed by atoms with E-state index in [1.165, 1.54) is 12.1 Å². The van der Waals surface area contributed by atoms with E-state index >= 15 is 0 Å². The minimum atomic E-state index is -4.27. The maximum atomic E-state index is 12.6. The summed E-state index contributed by atoms with van der Waals surface area (Å²) in [4.78, 5) is 0. The van der Waals surface area contributed by atoms with Crippen LogP contribution in [0.1, 0.15) is 55.9 Å². The molecule has 0 amide bonds. The molecular weight excluding hydrogens is 447 g/mol. The fourth-order valence-corrected chi connectivity index (χ4v) is 4.28. The number of phenols is 1. The number of ether oxygens (including phenoxy) is 2. The first-order valence-corrected chi connectivity index (χ1v) is 11.8.